The Balaban J connectivity index is 1.69. The Bertz CT molecular complexity index is 739. The number of aromatic hydroxyl groups is 1. The van der Waals surface area contributed by atoms with Crippen molar-refractivity contribution in [2.75, 3.05) is 0 Å². The number of rotatable bonds is 6. The lowest BCUT2D eigenvalue weighted by Gasteiger charge is -2.03. The van der Waals surface area contributed by atoms with Gasteiger partial charge in [0.1, 0.15) is 0 Å². The number of carbonyl (C=O) groups is 1. The number of hydrogen-bond donors (Lipinski definition) is 2. The molecule has 0 unspecified atom stereocenters. The second-order valence-electron chi connectivity index (χ2n) is 5.45. The minimum atomic E-state index is -0.799. The Kier molecular flexibility index (Phi) is 4.79. The van der Waals surface area contributed by atoms with Crippen molar-refractivity contribution in [3.05, 3.63) is 58.9 Å². The van der Waals surface area contributed by atoms with Gasteiger partial charge in [-0.15, -0.1) is 0 Å². The van der Waals surface area contributed by atoms with Gasteiger partial charge in [-0.2, -0.15) is 0 Å². The summed E-state index contributed by atoms with van der Waals surface area (Å²) in [5.41, 5.74) is 1.45. The number of hydrogen-bond acceptors (Lipinski definition) is 4. The summed E-state index contributed by atoms with van der Waals surface area (Å²) in [6, 6.07) is 11.3. The van der Waals surface area contributed by atoms with Crippen LogP contribution in [0.4, 0.5) is 4.39 Å². The van der Waals surface area contributed by atoms with Crippen molar-refractivity contribution in [3.63, 3.8) is 0 Å². The van der Waals surface area contributed by atoms with Crippen LogP contribution in [0.25, 0.3) is 12.2 Å². The van der Waals surface area contributed by atoms with Gasteiger partial charge >= 0.3 is 0 Å². The van der Waals surface area contributed by atoms with Crippen LogP contribution in [0.2, 0.25) is 0 Å². The van der Waals surface area contributed by atoms with Gasteiger partial charge < -0.3 is 5.11 Å². The lowest BCUT2D eigenvalue weighted by molar-refractivity contribution is 0.112. The van der Waals surface area contributed by atoms with Crippen molar-refractivity contribution in [2.24, 2.45) is 0 Å². The molecule has 2 aromatic rings. The van der Waals surface area contributed by atoms with E-state index in [9.17, 15) is 14.3 Å². The van der Waals surface area contributed by atoms with Crippen LogP contribution >= 0.6 is 11.9 Å². The van der Waals surface area contributed by atoms with Crippen LogP contribution in [0.1, 0.15) is 34.3 Å². The summed E-state index contributed by atoms with van der Waals surface area (Å²) >= 11 is 1.63. The molecule has 1 aliphatic rings. The Hall–Kier alpha value is -2.11. The number of phenolic OH excluding ortho intramolecular Hbond substituents is 1. The predicted octanol–water partition coefficient (Wildman–Crippen LogP) is 4.27. The van der Waals surface area contributed by atoms with E-state index >= 15 is 0 Å². The quantitative estimate of drug-likeness (QED) is 0.472. The molecule has 0 aromatic heterocycles. The van der Waals surface area contributed by atoms with Crippen molar-refractivity contribution in [3.8, 4) is 5.75 Å². The SMILES string of the molecule is O=Cc1cc(/C=C/c2ccc(SNC3CC3)cc2)cc(F)c1O. The van der Waals surface area contributed by atoms with Gasteiger partial charge in [0.2, 0.25) is 0 Å². The summed E-state index contributed by atoms with van der Waals surface area (Å²) < 4.78 is 16.9. The topological polar surface area (TPSA) is 49.3 Å². The fraction of sp³-hybridized carbons (Fsp3) is 0.167. The molecule has 0 radical (unpaired) electrons. The van der Waals surface area contributed by atoms with Crippen molar-refractivity contribution < 1.29 is 14.3 Å². The Morgan fingerprint density at radius 1 is 1.13 bits per heavy atom. The van der Waals surface area contributed by atoms with Gasteiger partial charge in [-0.1, -0.05) is 24.3 Å². The maximum Gasteiger partial charge on any atom is 0.166 e. The zero-order valence-corrected chi connectivity index (χ0v) is 13.1. The monoisotopic (exact) mass is 329 g/mol. The second kappa shape index (κ2) is 6.98. The maximum atomic E-state index is 13.5. The molecule has 0 aliphatic heterocycles. The molecular formula is C18H16FNO2S. The molecule has 0 amide bonds. The van der Waals surface area contributed by atoms with Gasteiger partial charge in [0.15, 0.2) is 17.9 Å². The Labute approximate surface area is 138 Å². The fourth-order valence-corrected chi connectivity index (χ4v) is 2.83. The highest BCUT2D eigenvalue weighted by atomic mass is 32.2. The van der Waals surface area contributed by atoms with E-state index in [2.05, 4.69) is 4.72 Å². The van der Waals surface area contributed by atoms with E-state index in [1.54, 1.807) is 18.0 Å². The average Bonchev–Trinajstić information content (AvgIpc) is 3.39. The zero-order valence-electron chi connectivity index (χ0n) is 12.3. The van der Waals surface area contributed by atoms with Gasteiger partial charge in [-0.3, -0.25) is 9.52 Å². The third-order valence-corrected chi connectivity index (χ3v) is 4.47. The van der Waals surface area contributed by atoms with Gasteiger partial charge in [-0.05, 0) is 60.2 Å². The number of aldehydes is 1. The normalized spacial score (nSPS) is 14.3. The van der Waals surface area contributed by atoms with Crippen LogP contribution in [-0.4, -0.2) is 17.4 Å². The molecule has 1 aliphatic carbocycles. The molecule has 1 fully saturated rings. The maximum absolute atomic E-state index is 13.5. The molecule has 0 saturated heterocycles. The molecule has 0 bridgehead atoms. The predicted molar refractivity (Wildman–Crippen MR) is 90.8 cm³/mol. The van der Waals surface area contributed by atoms with Gasteiger partial charge in [0.05, 0.1) is 5.56 Å². The number of nitrogens with one attached hydrogen (secondary N) is 1. The molecule has 1 saturated carbocycles. The highest BCUT2D eigenvalue weighted by molar-refractivity contribution is 7.97. The van der Waals surface area contributed by atoms with E-state index in [0.717, 1.165) is 10.5 Å². The standard InChI is InChI=1S/C18H16FNO2S/c19-17-10-13(9-14(11-21)18(17)22)2-1-12-3-7-16(8-4-12)23-20-15-5-6-15/h1-4,7-11,15,20,22H,5-6H2/b2-1+. The smallest absolute Gasteiger partial charge is 0.166 e. The van der Waals surface area contributed by atoms with Gasteiger partial charge in [0.25, 0.3) is 0 Å². The van der Waals surface area contributed by atoms with E-state index in [1.165, 1.54) is 25.0 Å². The lowest BCUT2D eigenvalue weighted by Crippen LogP contribution is -2.04. The zero-order chi connectivity index (χ0) is 16.2. The van der Waals surface area contributed by atoms with Crippen LogP contribution in [0, 0.1) is 5.82 Å². The summed E-state index contributed by atoms with van der Waals surface area (Å²) in [5, 5.41) is 9.39. The molecule has 2 aromatic carbocycles. The third kappa shape index (κ3) is 4.21. The van der Waals surface area contributed by atoms with E-state index in [0.29, 0.717) is 17.9 Å². The largest absolute Gasteiger partial charge is 0.504 e. The van der Waals surface area contributed by atoms with Crippen molar-refractivity contribution in [2.45, 2.75) is 23.8 Å². The van der Waals surface area contributed by atoms with E-state index in [1.807, 2.05) is 30.3 Å². The lowest BCUT2D eigenvalue weighted by atomic mass is 10.1. The van der Waals surface area contributed by atoms with Crippen molar-refractivity contribution in [1.29, 1.82) is 0 Å². The summed E-state index contributed by atoms with van der Waals surface area (Å²) in [5.74, 6) is -1.41. The first-order chi connectivity index (χ1) is 11.2. The minimum Gasteiger partial charge on any atom is -0.504 e. The first kappa shape index (κ1) is 15.8. The summed E-state index contributed by atoms with van der Waals surface area (Å²) in [6.45, 7) is 0. The van der Waals surface area contributed by atoms with Gasteiger partial charge in [0, 0.05) is 10.9 Å². The summed E-state index contributed by atoms with van der Waals surface area (Å²) in [4.78, 5) is 11.9. The molecule has 0 spiro atoms. The molecule has 118 valence electrons. The highest BCUT2D eigenvalue weighted by Gasteiger charge is 2.20. The molecule has 0 atom stereocenters. The first-order valence-corrected chi connectivity index (χ1v) is 8.15. The molecule has 3 rings (SSSR count). The third-order valence-electron chi connectivity index (χ3n) is 3.51. The molecule has 3 nitrogen and oxygen atoms in total. The van der Waals surface area contributed by atoms with Crippen LogP contribution in [0.5, 0.6) is 5.75 Å². The van der Waals surface area contributed by atoms with E-state index < -0.39 is 11.6 Å². The second-order valence-corrected chi connectivity index (χ2v) is 6.37. The number of benzene rings is 2. The van der Waals surface area contributed by atoms with E-state index in [-0.39, 0.29) is 5.56 Å². The fourth-order valence-electron chi connectivity index (χ4n) is 2.02. The Morgan fingerprint density at radius 3 is 2.48 bits per heavy atom. The van der Waals surface area contributed by atoms with Crippen molar-refractivity contribution in [1.82, 2.24) is 4.72 Å². The molecule has 23 heavy (non-hydrogen) atoms. The number of phenols is 1. The molecule has 5 heteroatoms. The Morgan fingerprint density at radius 2 is 1.83 bits per heavy atom. The van der Waals surface area contributed by atoms with E-state index in [4.69, 9.17) is 0 Å². The summed E-state index contributed by atoms with van der Waals surface area (Å²) in [7, 11) is 0. The highest BCUT2D eigenvalue weighted by Crippen LogP contribution is 2.26. The average molecular weight is 329 g/mol. The first-order valence-electron chi connectivity index (χ1n) is 7.34. The van der Waals surface area contributed by atoms with Crippen LogP contribution < -0.4 is 4.72 Å². The number of halogens is 1. The minimum absolute atomic E-state index is 0.0532. The van der Waals surface area contributed by atoms with Crippen LogP contribution in [-0.2, 0) is 0 Å². The van der Waals surface area contributed by atoms with Crippen LogP contribution in [0.3, 0.4) is 0 Å². The molecule has 2 N–H and O–H groups in total. The van der Waals surface area contributed by atoms with Gasteiger partial charge in [-0.25, -0.2) is 4.39 Å². The molecule has 0 heterocycles. The molecular weight excluding hydrogens is 313 g/mol. The van der Waals surface area contributed by atoms with Crippen LogP contribution in [0.15, 0.2) is 41.3 Å². The summed E-state index contributed by atoms with van der Waals surface area (Å²) in [6.07, 6.45) is 6.48. The number of carbonyl (C=O) groups excluding carboxylic acids is 1. The van der Waals surface area contributed by atoms with Crippen molar-refractivity contribution >= 4 is 30.4 Å².